The molecule has 1 N–H and O–H groups in total. The minimum atomic E-state index is -0.232. The summed E-state index contributed by atoms with van der Waals surface area (Å²) in [6.45, 7) is 8.36. The van der Waals surface area contributed by atoms with Crippen molar-refractivity contribution >= 4 is 17.7 Å². The van der Waals surface area contributed by atoms with Crippen LogP contribution in [-0.2, 0) is 9.53 Å². The highest BCUT2D eigenvalue weighted by molar-refractivity contribution is 7.99. The van der Waals surface area contributed by atoms with E-state index in [2.05, 4.69) is 30.7 Å². The first-order valence-corrected chi connectivity index (χ1v) is 9.24. The Morgan fingerprint density at radius 3 is 2.87 bits per heavy atom. The molecule has 1 aliphatic rings. The molecule has 23 heavy (non-hydrogen) atoms. The molecule has 0 radical (unpaired) electrons. The Labute approximate surface area is 141 Å². The number of H-pyrrole nitrogens is 1. The standard InChI is InChI=1S/C17H26N2O3S/c1-10(2)13-6-5-11(3)7-14(13)22-16(21)9-23-17-18-12(4)8-15(20)19-17/h8,10-11,13-14H,5-7,9H2,1-4H3,(H,18,19,20)/t11-,13+,14-/m0/s1. The van der Waals surface area contributed by atoms with E-state index in [-0.39, 0.29) is 23.4 Å². The van der Waals surface area contributed by atoms with Crippen molar-refractivity contribution < 1.29 is 9.53 Å². The van der Waals surface area contributed by atoms with Crippen LogP contribution >= 0.6 is 11.8 Å². The first kappa shape index (κ1) is 18.0. The third kappa shape index (κ3) is 5.37. The Hall–Kier alpha value is -1.30. The normalized spacial score (nSPS) is 24.7. The van der Waals surface area contributed by atoms with E-state index in [1.165, 1.54) is 24.2 Å². The molecule has 0 unspecified atom stereocenters. The third-order valence-electron chi connectivity index (χ3n) is 4.42. The summed E-state index contributed by atoms with van der Waals surface area (Å²) in [5, 5.41) is 0.462. The number of esters is 1. The Balaban J connectivity index is 1.91. The minimum Gasteiger partial charge on any atom is -0.461 e. The number of nitrogens with one attached hydrogen (secondary N) is 1. The van der Waals surface area contributed by atoms with E-state index >= 15 is 0 Å². The number of aromatic nitrogens is 2. The summed E-state index contributed by atoms with van der Waals surface area (Å²) in [4.78, 5) is 30.4. The lowest BCUT2D eigenvalue weighted by molar-refractivity contribution is -0.152. The van der Waals surface area contributed by atoms with Crippen molar-refractivity contribution in [2.75, 3.05) is 5.75 Å². The predicted molar refractivity (Wildman–Crippen MR) is 91.5 cm³/mol. The number of thioether (sulfide) groups is 1. The van der Waals surface area contributed by atoms with E-state index in [0.717, 1.165) is 12.8 Å². The van der Waals surface area contributed by atoms with Crippen molar-refractivity contribution in [1.82, 2.24) is 9.97 Å². The molecule has 0 aliphatic heterocycles. The number of rotatable bonds is 5. The molecule has 6 heteroatoms. The van der Waals surface area contributed by atoms with Gasteiger partial charge in [0.15, 0.2) is 5.16 Å². The Morgan fingerprint density at radius 2 is 2.22 bits per heavy atom. The molecule has 128 valence electrons. The van der Waals surface area contributed by atoms with Crippen molar-refractivity contribution in [1.29, 1.82) is 0 Å². The van der Waals surface area contributed by atoms with Gasteiger partial charge in [-0.15, -0.1) is 0 Å². The van der Waals surface area contributed by atoms with E-state index in [1.54, 1.807) is 6.92 Å². The number of aryl methyl sites for hydroxylation is 1. The molecular formula is C17H26N2O3S. The van der Waals surface area contributed by atoms with Crippen LogP contribution in [0.2, 0.25) is 0 Å². The van der Waals surface area contributed by atoms with Crippen LogP contribution in [-0.4, -0.2) is 27.8 Å². The van der Waals surface area contributed by atoms with Gasteiger partial charge >= 0.3 is 5.97 Å². The maximum absolute atomic E-state index is 12.2. The average molecular weight is 338 g/mol. The molecule has 0 saturated heterocycles. The van der Waals surface area contributed by atoms with Gasteiger partial charge in [0.1, 0.15) is 6.10 Å². The SMILES string of the molecule is Cc1cc(=O)[nH]c(SCC(=O)O[C@H]2C[C@@H](C)CC[C@@H]2C(C)C)n1. The minimum absolute atomic E-state index is 0.0105. The van der Waals surface area contributed by atoms with Gasteiger partial charge in [0.05, 0.1) is 5.75 Å². The number of carbonyl (C=O) groups is 1. The summed E-state index contributed by atoms with van der Waals surface area (Å²) in [6.07, 6.45) is 3.28. The molecule has 0 amide bonds. The first-order chi connectivity index (χ1) is 10.8. The summed E-state index contributed by atoms with van der Waals surface area (Å²) in [6, 6.07) is 1.43. The molecule has 2 rings (SSSR count). The Kier molecular flexibility index (Phi) is 6.27. The van der Waals surface area contributed by atoms with Gasteiger partial charge in [0.25, 0.3) is 5.56 Å². The van der Waals surface area contributed by atoms with Gasteiger partial charge in [-0.3, -0.25) is 9.59 Å². The van der Waals surface area contributed by atoms with Gasteiger partial charge in [0, 0.05) is 11.8 Å². The smallest absolute Gasteiger partial charge is 0.316 e. The summed E-state index contributed by atoms with van der Waals surface area (Å²) < 4.78 is 5.74. The second-order valence-corrected chi connectivity index (χ2v) is 7.80. The molecule has 0 aromatic carbocycles. The molecule has 1 fully saturated rings. The highest BCUT2D eigenvalue weighted by atomic mass is 32.2. The lowest BCUT2D eigenvalue weighted by Crippen LogP contribution is -2.36. The second-order valence-electron chi connectivity index (χ2n) is 6.84. The summed E-state index contributed by atoms with van der Waals surface area (Å²) in [5.74, 6) is 1.50. The fraction of sp³-hybridized carbons (Fsp3) is 0.706. The van der Waals surface area contributed by atoms with Gasteiger partial charge in [-0.05, 0) is 37.5 Å². The Bertz CT molecular complexity index is 600. The van der Waals surface area contributed by atoms with Crippen molar-refractivity contribution in [3.8, 4) is 0 Å². The van der Waals surface area contributed by atoms with Crippen LogP contribution in [0.15, 0.2) is 16.0 Å². The fourth-order valence-electron chi connectivity index (χ4n) is 3.20. The zero-order valence-corrected chi connectivity index (χ0v) is 15.1. The number of carbonyl (C=O) groups excluding carboxylic acids is 1. The highest BCUT2D eigenvalue weighted by Gasteiger charge is 2.33. The van der Waals surface area contributed by atoms with Gasteiger partial charge in [0.2, 0.25) is 0 Å². The number of hydrogen-bond donors (Lipinski definition) is 1. The fourth-order valence-corrected chi connectivity index (χ4v) is 3.90. The third-order valence-corrected chi connectivity index (χ3v) is 5.27. The number of hydrogen-bond acceptors (Lipinski definition) is 5. The predicted octanol–water partition coefficient (Wildman–Crippen LogP) is 3.17. The zero-order valence-electron chi connectivity index (χ0n) is 14.3. The molecule has 1 heterocycles. The van der Waals surface area contributed by atoms with Gasteiger partial charge in [-0.25, -0.2) is 4.98 Å². The van der Waals surface area contributed by atoms with Crippen LogP contribution in [0.25, 0.3) is 0 Å². The molecule has 1 saturated carbocycles. The number of nitrogens with zero attached hydrogens (tertiary/aromatic N) is 1. The van der Waals surface area contributed by atoms with Gasteiger partial charge in [-0.1, -0.05) is 39.0 Å². The molecule has 1 aromatic rings. The van der Waals surface area contributed by atoms with Crippen molar-refractivity contribution in [2.24, 2.45) is 17.8 Å². The monoisotopic (exact) mass is 338 g/mol. The highest BCUT2D eigenvalue weighted by Crippen LogP contribution is 2.35. The molecule has 3 atom stereocenters. The summed E-state index contributed by atoms with van der Waals surface area (Å²) >= 11 is 1.21. The molecule has 5 nitrogen and oxygen atoms in total. The van der Waals surface area contributed by atoms with Crippen LogP contribution < -0.4 is 5.56 Å². The maximum Gasteiger partial charge on any atom is 0.316 e. The number of ether oxygens (including phenoxy) is 1. The van der Waals surface area contributed by atoms with Gasteiger partial charge in [-0.2, -0.15) is 0 Å². The lowest BCUT2D eigenvalue weighted by Gasteiger charge is -2.36. The molecular weight excluding hydrogens is 312 g/mol. The van der Waals surface area contributed by atoms with Crippen molar-refractivity contribution in [2.45, 2.75) is 58.2 Å². The molecule has 1 aromatic heterocycles. The maximum atomic E-state index is 12.2. The van der Waals surface area contributed by atoms with E-state index in [0.29, 0.717) is 28.6 Å². The first-order valence-electron chi connectivity index (χ1n) is 8.25. The zero-order chi connectivity index (χ0) is 17.0. The van der Waals surface area contributed by atoms with Crippen LogP contribution in [0, 0.1) is 24.7 Å². The van der Waals surface area contributed by atoms with Crippen LogP contribution in [0.4, 0.5) is 0 Å². The van der Waals surface area contributed by atoms with E-state index in [9.17, 15) is 9.59 Å². The van der Waals surface area contributed by atoms with Crippen molar-refractivity contribution in [3.05, 3.63) is 22.1 Å². The van der Waals surface area contributed by atoms with Gasteiger partial charge < -0.3 is 9.72 Å². The number of aromatic amines is 1. The van der Waals surface area contributed by atoms with Crippen LogP contribution in [0.3, 0.4) is 0 Å². The Morgan fingerprint density at radius 1 is 1.48 bits per heavy atom. The molecule has 0 spiro atoms. The summed E-state index contributed by atoms with van der Waals surface area (Å²) in [5.41, 5.74) is 0.444. The quantitative estimate of drug-likeness (QED) is 0.507. The van der Waals surface area contributed by atoms with Crippen molar-refractivity contribution in [3.63, 3.8) is 0 Å². The molecule has 0 bridgehead atoms. The summed E-state index contributed by atoms with van der Waals surface area (Å²) in [7, 11) is 0. The lowest BCUT2D eigenvalue weighted by atomic mass is 9.75. The average Bonchev–Trinajstić information content (AvgIpc) is 2.44. The van der Waals surface area contributed by atoms with E-state index in [1.807, 2.05) is 0 Å². The molecule has 1 aliphatic carbocycles. The van der Waals surface area contributed by atoms with Crippen LogP contribution in [0.5, 0.6) is 0 Å². The van der Waals surface area contributed by atoms with Crippen LogP contribution in [0.1, 0.15) is 45.7 Å². The largest absolute Gasteiger partial charge is 0.461 e. The van der Waals surface area contributed by atoms with E-state index < -0.39 is 0 Å². The second kappa shape index (κ2) is 7.99. The van der Waals surface area contributed by atoms with E-state index in [4.69, 9.17) is 4.74 Å². The topological polar surface area (TPSA) is 72.0 Å².